The second-order valence-corrected chi connectivity index (χ2v) is 4.44. The van der Waals surface area contributed by atoms with E-state index in [0.717, 1.165) is 5.56 Å². The van der Waals surface area contributed by atoms with E-state index in [2.05, 4.69) is 4.98 Å². The molecule has 6 heteroatoms. The highest BCUT2D eigenvalue weighted by Gasteiger charge is 2.16. The Balaban J connectivity index is 2.75. The molecular formula is C8H8N2O3S. The van der Waals surface area contributed by atoms with Crippen LogP contribution in [-0.4, -0.2) is 13.4 Å². The third-order valence-electron chi connectivity index (χ3n) is 1.77. The molecule has 0 aliphatic heterocycles. The minimum atomic E-state index is -3.86. The standard InChI is InChI=1S/C8H8N2O3S/c1-5-2-3-6-7(4-5)13-8(10-6)14(9,11)12/h2-4H,1H3,(H2,9,11,12). The second kappa shape index (κ2) is 2.79. The highest BCUT2D eigenvalue weighted by atomic mass is 32.2. The normalized spacial score (nSPS) is 12.1. The lowest BCUT2D eigenvalue weighted by Crippen LogP contribution is -2.12. The molecule has 2 aromatic rings. The summed E-state index contributed by atoms with van der Waals surface area (Å²) in [7, 11) is -3.86. The number of rotatable bonds is 1. The average molecular weight is 212 g/mol. The van der Waals surface area contributed by atoms with E-state index in [9.17, 15) is 8.42 Å². The summed E-state index contributed by atoms with van der Waals surface area (Å²) in [5.41, 5.74) is 1.88. The maximum atomic E-state index is 10.9. The Morgan fingerprint density at radius 3 is 2.79 bits per heavy atom. The molecule has 0 saturated carbocycles. The molecule has 0 amide bonds. The summed E-state index contributed by atoms with van der Waals surface area (Å²) in [4.78, 5) is 3.75. The monoisotopic (exact) mass is 212 g/mol. The molecule has 0 atom stereocenters. The van der Waals surface area contributed by atoms with Crippen LogP contribution in [0.3, 0.4) is 0 Å². The first-order chi connectivity index (χ1) is 6.47. The zero-order chi connectivity index (χ0) is 10.3. The maximum Gasteiger partial charge on any atom is 0.331 e. The average Bonchev–Trinajstić information content (AvgIpc) is 2.45. The number of aryl methyl sites for hydroxylation is 1. The third-order valence-corrected chi connectivity index (χ3v) is 2.43. The molecule has 14 heavy (non-hydrogen) atoms. The molecule has 0 unspecified atom stereocenters. The fourth-order valence-corrected chi connectivity index (χ4v) is 1.56. The van der Waals surface area contributed by atoms with Gasteiger partial charge in [-0.2, -0.15) is 4.98 Å². The number of nitrogens with two attached hydrogens (primary N) is 1. The van der Waals surface area contributed by atoms with Crippen molar-refractivity contribution < 1.29 is 12.8 Å². The Hall–Kier alpha value is -1.40. The van der Waals surface area contributed by atoms with Crippen LogP contribution < -0.4 is 5.14 Å². The van der Waals surface area contributed by atoms with Gasteiger partial charge in [0.25, 0.3) is 10.0 Å². The molecule has 0 radical (unpaired) electrons. The van der Waals surface area contributed by atoms with Gasteiger partial charge in [-0.25, -0.2) is 13.6 Å². The lowest BCUT2D eigenvalue weighted by Gasteiger charge is -1.88. The van der Waals surface area contributed by atoms with E-state index in [1.54, 1.807) is 12.1 Å². The van der Waals surface area contributed by atoms with Crippen molar-refractivity contribution in [3.8, 4) is 0 Å². The fourth-order valence-electron chi connectivity index (χ4n) is 1.13. The minimum absolute atomic E-state index is 0.425. The Morgan fingerprint density at radius 2 is 2.14 bits per heavy atom. The number of benzene rings is 1. The Bertz CT molecular complexity index is 586. The molecule has 5 nitrogen and oxygen atoms in total. The van der Waals surface area contributed by atoms with E-state index in [4.69, 9.17) is 9.56 Å². The number of hydrogen-bond acceptors (Lipinski definition) is 4. The largest absolute Gasteiger partial charge is 0.427 e. The van der Waals surface area contributed by atoms with Crippen LogP contribution in [-0.2, 0) is 10.0 Å². The summed E-state index contributed by atoms with van der Waals surface area (Å²) in [5, 5.41) is 4.43. The number of oxazole rings is 1. The van der Waals surface area contributed by atoms with Crippen LogP contribution in [0.5, 0.6) is 0 Å². The first kappa shape index (κ1) is 9.17. The van der Waals surface area contributed by atoms with E-state index >= 15 is 0 Å². The molecule has 0 bridgehead atoms. The van der Waals surface area contributed by atoms with Gasteiger partial charge < -0.3 is 4.42 Å². The van der Waals surface area contributed by atoms with Crippen LogP contribution >= 0.6 is 0 Å². The summed E-state index contributed by atoms with van der Waals surface area (Å²) in [6.45, 7) is 1.87. The topological polar surface area (TPSA) is 86.2 Å². The number of primary sulfonamides is 1. The predicted octanol–water partition coefficient (Wildman–Crippen LogP) is 0.784. The molecule has 0 spiro atoms. The molecule has 2 rings (SSSR count). The molecule has 1 heterocycles. The van der Waals surface area contributed by atoms with Crippen molar-refractivity contribution in [2.45, 2.75) is 12.1 Å². The van der Waals surface area contributed by atoms with E-state index in [-0.39, 0.29) is 0 Å². The van der Waals surface area contributed by atoms with Gasteiger partial charge in [0.1, 0.15) is 5.52 Å². The zero-order valence-corrected chi connectivity index (χ0v) is 8.21. The summed E-state index contributed by atoms with van der Waals surface area (Å²) in [6.07, 6.45) is 0. The summed E-state index contributed by atoms with van der Waals surface area (Å²) >= 11 is 0. The predicted molar refractivity (Wildman–Crippen MR) is 50.1 cm³/mol. The number of hydrogen-bond donors (Lipinski definition) is 1. The Kier molecular flexibility index (Phi) is 1.83. The molecule has 0 aliphatic carbocycles. The first-order valence-electron chi connectivity index (χ1n) is 3.87. The molecule has 74 valence electrons. The Morgan fingerprint density at radius 1 is 1.43 bits per heavy atom. The van der Waals surface area contributed by atoms with Gasteiger partial charge in [0.05, 0.1) is 0 Å². The van der Waals surface area contributed by atoms with Gasteiger partial charge in [-0.3, -0.25) is 0 Å². The second-order valence-electron chi connectivity index (χ2n) is 3.00. The third kappa shape index (κ3) is 1.49. The SMILES string of the molecule is Cc1ccc2nc(S(N)(=O)=O)oc2c1. The maximum absolute atomic E-state index is 10.9. The van der Waals surface area contributed by atoms with E-state index < -0.39 is 15.2 Å². The lowest BCUT2D eigenvalue weighted by molar-refractivity contribution is 0.459. The van der Waals surface area contributed by atoms with Gasteiger partial charge in [0.2, 0.25) is 0 Å². The molecule has 0 fully saturated rings. The highest BCUT2D eigenvalue weighted by Crippen LogP contribution is 2.18. The van der Waals surface area contributed by atoms with Crippen LogP contribution in [0.4, 0.5) is 0 Å². The number of sulfonamides is 1. The quantitative estimate of drug-likeness (QED) is 0.756. The molecule has 0 saturated heterocycles. The van der Waals surface area contributed by atoms with Gasteiger partial charge in [0.15, 0.2) is 5.58 Å². The number of nitrogens with zero attached hydrogens (tertiary/aromatic N) is 1. The van der Waals surface area contributed by atoms with Gasteiger partial charge in [-0.05, 0) is 24.6 Å². The van der Waals surface area contributed by atoms with Gasteiger partial charge >= 0.3 is 5.22 Å². The number of fused-ring (bicyclic) bond motifs is 1. The van der Waals surface area contributed by atoms with Crippen molar-refractivity contribution in [3.05, 3.63) is 23.8 Å². The van der Waals surface area contributed by atoms with Crippen molar-refractivity contribution in [1.82, 2.24) is 4.98 Å². The van der Waals surface area contributed by atoms with Crippen LogP contribution in [0, 0.1) is 6.92 Å². The van der Waals surface area contributed by atoms with Crippen molar-refractivity contribution in [1.29, 1.82) is 0 Å². The smallest absolute Gasteiger partial charge is 0.331 e. The molecular weight excluding hydrogens is 204 g/mol. The van der Waals surface area contributed by atoms with Gasteiger partial charge in [0, 0.05) is 0 Å². The molecule has 0 aliphatic rings. The number of aromatic nitrogens is 1. The zero-order valence-electron chi connectivity index (χ0n) is 7.39. The minimum Gasteiger partial charge on any atom is -0.427 e. The van der Waals surface area contributed by atoms with Crippen molar-refractivity contribution in [2.75, 3.05) is 0 Å². The fraction of sp³-hybridized carbons (Fsp3) is 0.125. The van der Waals surface area contributed by atoms with Crippen molar-refractivity contribution in [2.24, 2.45) is 5.14 Å². The molecule has 2 N–H and O–H groups in total. The van der Waals surface area contributed by atoms with Crippen LogP contribution in [0.15, 0.2) is 27.8 Å². The summed E-state index contributed by atoms with van der Waals surface area (Å²) in [6, 6.07) is 5.21. The summed E-state index contributed by atoms with van der Waals surface area (Å²) in [5.74, 6) is 0. The van der Waals surface area contributed by atoms with Crippen molar-refractivity contribution in [3.63, 3.8) is 0 Å². The molecule has 1 aromatic carbocycles. The van der Waals surface area contributed by atoms with E-state index in [1.807, 2.05) is 13.0 Å². The van der Waals surface area contributed by atoms with Crippen LogP contribution in [0.2, 0.25) is 0 Å². The van der Waals surface area contributed by atoms with E-state index in [1.165, 1.54) is 0 Å². The van der Waals surface area contributed by atoms with Crippen molar-refractivity contribution >= 4 is 21.1 Å². The van der Waals surface area contributed by atoms with Gasteiger partial charge in [-0.1, -0.05) is 6.07 Å². The summed E-state index contributed by atoms with van der Waals surface area (Å²) < 4.78 is 26.8. The van der Waals surface area contributed by atoms with E-state index in [0.29, 0.717) is 11.1 Å². The first-order valence-corrected chi connectivity index (χ1v) is 5.41. The van der Waals surface area contributed by atoms with Crippen LogP contribution in [0.25, 0.3) is 11.1 Å². The van der Waals surface area contributed by atoms with Crippen LogP contribution in [0.1, 0.15) is 5.56 Å². The van der Waals surface area contributed by atoms with Gasteiger partial charge in [-0.15, -0.1) is 0 Å². The highest BCUT2D eigenvalue weighted by molar-refractivity contribution is 7.88. The lowest BCUT2D eigenvalue weighted by atomic mass is 10.2. The Labute approximate surface area is 80.6 Å². The molecule has 1 aromatic heterocycles.